The first kappa shape index (κ1) is 23.3. The lowest BCUT2D eigenvalue weighted by atomic mass is 9.89. The Bertz CT molecular complexity index is 1510. The van der Waals surface area contributed by atoms with Crippen LogP contribution in [0.15, 0.2) is 42.6 Å². The van der Waals surface area contributed by atoms with Gasteiger partial charge in [0, 0.05) is 17.3 Å². The van der Waals surface area contributed by atoms with Gasteiger partial charge in [-0.2, -0.15) is 4.80 Å². The van der Waals surface area contributed by atoms with Gasteiger partial charge in [-0.3, -0.25) is 4.79 Å². The highest BCUT2D eigenvalue weighted by Gasteiger charge is 2.44. The first-order chi connectivity index (χ1) is 17.8. The van der Waals surface area contributed by atoms with E-state index in [1.165, 1.54) is 4.80 Å². The van der Waals surface area contributed by atoms with E-state index in [-0.39, 0.29) is 23.7 Å². The number of hydrogen-bond acceptors (Lipinski definition) is 6. The van der Waals surface area contributed by atoms with Crippen molar-refractivity contribution in [2.24, 2.45) is 13.0 Å². The quantitative estimate of drug-likeness (QED) is 0.386. The summed E-state index contributed by atoms with van der Waals surface area (Å²) in [7, 11) is 1.74. The largest absolute Gasteiger partial charge is 0.481 e. The van der Waals surface area contributed by atoms with E-state index in [1.54, 1.807) is 19.3 Å². The van der Waals surface area contributed by atoms with Gasteiger partial charge in [-0.05, 0) is 102 Å². The van der Waals surface area contributed by atoms with Gasteiger partial charge in [-0.25, -0.2) is 9.37 Å². The minimum Gasteiger partial charge on any atom is -0.481 e. The van der Waals surface area contributed by atoms with E-state index in [1.807, 2.05) is 18.2 Å². The molecule has 2 N–H and O–H groups in total. The number of halogens is 1. The highest BCUT2D eigenvalue weighted by Crippen LogP contribution is 2.48. The van der Waals surface area contributed by atoms with Crippen molar-refractivity contribution in [1.82, 2.24) is 25.2 Å². The van der Waals surface area contributed by atoms with Gasteiger partial charge in [0.15, 0.2) is 0 Å². The zero-order valence-electron chi connectivity index (χ0n) is 20.9. The van der Waals surface area contributed by atoms with Crippen molar-refractivity contribution in [3.8, 4) is 22.5 Å². The first-order valence-corrected chi connectivity index (χ1v) is 12.4. The summed E-state index contributed by atoms with van der Waals surface area (Å²) in [5.41, 5.74) is 7.85. The van der Waals surface area contributed by atoms with Crippen molar-refractivity contribution < 1.29 is 14.3 Å². The van der Waals surface area contributed by atoms with Crippen LogP contribution in [0.25, 0.3) is 22.5 Å². The van der Waals surface area contributed by atoms with Crippen molar-refractivity contribution in [3.63, 3.8) is 0 Å². The molecule has 188 valence electrons. The third-order valence-electron chi connectivity index (χ3n) is 7.55. The normalized spacial score (nSPS) is 20.1. The second-order valence-electron chi connectivity index (χ2n) is 10.1. The smallest absolute Gasteiger partial charge is 0.307 e. The molecule has 9 heteroatoms. The van der Waals surface area contributed by atoms with Gasteiger partial charge in [-0.1, -0.05) is 12.1 Å². The molecule has 8 nitrogen and oxygen atoms in total. The lowest BCUT2D eigenvalue weighted by Crippen LogP contribution is -2.10. The average Bonchev–Trinajstić information content (AvgIpc) is 3.38. The van der Waals surface area contributed by atoms with Crippen LogP contribution >= 0.6 is 0 Å². The maximum atomic E-state index is 15.2. The highest BCUT2D eigenvalue weighted by atomic mass is 19.1. The average molecular weight is 499 g/mol. The number of benzene rings is 2. The third kappa shape index (κ3) is 4.14. The van der Waals surface area contributed by atoms with Gasteiger partial charge in [0.1, 0.15) is 11.6 Å². The molecule has 2 aromatic heterocycles. The molecular formula is C28H27FN6O2. The number of anilines is 1. The molecule has 1 saturated carbocycles. The summed E-state index contributed by atoms with van der Waals surface area (Å²) in [6, 6.07) is 11.1. The van der Waals surface area contributed by atoms with E-state index < -0.39 is 5.97 Å². The maximum Gasteiger partial charge on any atom is 0.307 e. The Morgan fingerprint density at radius 3 is 2.57 bits per heavy atom. The summed E-state index contributed by atoms with van der Waals surface area (Å²) >= 11 is 0. The van der Waals surface area contributed by atoms with Crippen molar-refractivity contribution in [1.29, 1.82) is 0 Å². The molecule has 3 atom stereocenters. The fourth-order valence-corrected chi connectivity index (χ4v) is 5.74. The highest BCUT2D eigenvalue weighted by molar-refractivity contribution is 5.79. The molecule has 2 aliphatic rings. The number of aryl methyl sites for hydroxylation is 3. The fraction of sp³-hybridized carbons (Fsp3) is 0.321. The van der Waals surface area contributed by atoms with Crippen LogP contribution in [0.1, 0.15) is 52.6 Å². The SMILES string of the molecule is Cc1cc(-c2nnn(C)n2)cc(C)c1-c1ccc(F)c2c1CC[C@H]2Nc1ccc(C2C[C@@H]2C(=O)O)cn1. The van der Waals surface area contributed by atoms with Crippen LogP contribution < -0.4 is 5.32 Å². The van der Waals surface area contributed by atoms with Crippen LogP contribution in [-0.2, 0) is 18.3 Å². The lowest BCUT2D eigenvalue weighted by molar-refractivity contribution is -0.138. The number of nitrogens with zero attached hydrogens (tertiary/aromatic N) is 5. The van der Waals surface area contributed by atoms with Crippen molar-refractivity contribution in [2.45, 2.75) is 45.1 Å². The van der Waals surface area contributed by atoms with E-state index in [2.05, 4.69) is 51.7 Å². The Morgan fingerprint density at radius 1 is 1.16 bits per heavy atom. The number of fused-ring (bicyclic) bond motifs is 1. The lowest BCUT2D eigenvalue weighted by Gasteiger charge is -2.19. The topological polar surface area (TPSA) is 106 Å². The van der Waals surface area contributed by atoms with E-state index in [0.717, 1.165) is 51.8 Å². The summed E-state index contributed by atoms with van der Waals surface area (Å²) in [6.07, 6.45) is 3.91. The monoisotopic (exact) mass is 498 g/mol. The van der Waals surface area contributed by atoms with Crippen molar-refractivity contribution in [3.05, 3.63) is 76.2 Å². The minimum atomic E-state index is -0.758. The molecule has 0 amide bonds. The third-order valence-corrected chi connectivity index (χ3v) is 7.55. The van der Waals surface area contributed by atoms with Crippen LogP contribution in [-0.4, -0.2) is 36.3 Å². The molecule has 0 radical (unpaired) electrons. The van der Waals surface area contributed by atoms with Crippen molar-refractivity contribution in [2.75, 3.05) is 5.32 Å². The Labute approximate surface area is 213 Å². The number of carboxylic acid groups (broad SMARTS) is 1. The molecule has 1 fully saturated rings. The minimum absolute atomic E-state index is 0.0360. The number of aliphatic carboxylic acids is 1. The maximum absolute atomic E-state index is 15.2. The summed E-state index contributed by atoms with van der Waals surface area (Å²) < 4.78 is 15.2. The molecule has 6 rings (SSSR count). The van der Waals surface area contributed by atoms with Crippen LogP contribution in [0.3, 0.4) is 0 Å². The van der Waals surface area contributed by atoms with E-state index in [9.17, 15) is 9.90 Å². The second kappa shape index (κ2) is 8.76. The molecule has 37 heavy (non-hydrogen) atoms. The molecule has 0 bridgehead atoms. The zero-order valence-corrected chi connectivity index (χ0v) is 20.9. The van der Waals surface area contributed by atoms with Gasteiger partial charge in [0.05, 0.1) is 19.0 Å². The summed E-state index contributed by atoms with van der Waals surface area (Å²) in [6.45, 7) is 4.12. The predicted octanol–water partition coefficient (Wildman–Crippen LogP) is 4.98. The standard InChI is InChI=1S/C28H27FN6O2/c1-14-10-17(27-32-34-35(3)33-27)11-15(2)25(14)18-5-7-22(29)26-19(18)6-8-23(26)31-24-9-4-16(13-30-24)20-12-21(20)28(36)37/h4-5,7,9-11,13,20-21,23H,6,8,12H2,1-3H3,(H,30,31)(H,36,37)/t20?,21-,23+/m0/s1. The summed E-state index contributed by atoms with van der Waals surface area (Å²) in [5.74, 6) is -0.0175. The zero-order chi connectivity index (χ0) is 25.8. The molecule has 2 aliphatic carbocycles. The second-order valence-corrected chi connectivity index (χ2v) is 10.1. The van der Waals surface area contributed by atoms with Gasteiger partial charge >= 0.3 is 5.97 Å². The van der Waals surface area contributed by atoms with Crippen LogP contribution in [0.4, 0.5) is 10.2 Å². The number of tetrazole rings is 1. The van der Waals surface area contributed by atoms with Gasteiger partial charge in [-0.15, -0.1) is 10.2 Å². The predicted molar refractivity (Wildman–Crippen MR) is 137 cm³/mol. The van der Waals surface area contributed by atoms with Crippen LogP contribution in [0.5, 0.6) is 0 Å². The molecule has 4 aromatic rings. The van der Waals surface area contributed by atoms with Gasteiger partial charge in [0.2, 0.25) is 5.82 Å². The van der Waals surface area contributed by atoms with Gasteiger partial charge < -0.3 is 10.4 Å². The summed E-state index contributed by atoms with van der Waals surface area (Å²) in [5, 5.41) is 25.0. The Hall–Kier alpha value is -4.14. The molecular weight excluding hydrogens is 471 g/mol. The first-order valence-electron chi connectivity index (χ1n) is 12.4. The molecule has 2 heterocycles. The fourth-order valence-electron chi connectivity index (χ4n) is 5.74. The number of hydrogen-bond donors (Lipinski definition) is 2. The van der Waals surface area contributed by atoms with Crippen LogP contribution in [0, 0.1) is 25.6 Å². The van der Waals surface area contributed by atoms with Crippen molar-refractivity contribution >= 4 is 11.8 Å². The Balaban J connectivity index is 1.29. The Morgan fingerprint density at radius 2 is 1.95 bits per heavy atom. The molecule has 0 spiro atoms. The van der Waals surface area contributed by atoms with Crippen LogP contribution in [0.2, 0.25) is 0 Å². The van der Waals surface area contributed by atoms with E-state index in [0.29, 0.717) is 23.6 Å². The number of pyridine rings is 1. The molecule has 0 aliphatic heterocycles. The van der Waals surface area contributed by atoms with E-state index >= 15 is 4.39 Å². The number of nitrogens with one attached hydrogen (secondary N) is 1. The molecule has 1 unspecified atom stereocenters. The molecule has 2 aromatic carbocycles. The number of carbonyl (C=O) groups is 1. The number of rotatable bonds is 6. The van der Waals surface area contributed by atoms with E-state index in [4.69, 9.17) is 0 Å². The molecule has 0 saturated heterocycles. The summed E-state index contributed by atoms with van der Waals surface area (Å²) in [4.78, 5) is 17.1. The number of aromatic nitrogens is 5. The van der Waals surface area contributed by atoms with Gasteiger partial charge in [0.25, 0.3) is 0 Å². The number of carboxylic acids is 1. The Kier molecular flexibility index (Phi) is 5.51.